The maximum atomic E-state index is 12.9. The second-order valence-electron chi connectivity index (χ2n) is 6.94. The van der Waals surface area contributed by atoms with Gasteiger partial charge >= 0.3 is 6.09 Å². The number of rotatable bonds is 4. The minimum atomic E-state index is -0.420. The molecule has 2 aromatic carbocycles. The largest absolute Gasteiger partial charge is 0.445 e. The van der Waals surface area contributed by atoms with Gasteiger partial charge in [-0.1, -0.05) is 58.4 Å². The molecule has 0 saturated heterocycles. The molecule has 0 bridgehead atoms. The Kier molecular flexibility index (Phi) is 5.76. The number of amides is 1. The van der Waals surface area contributed by atoms with E-state index in [1.165, 1.54) is 0 Å². The van der Waals surface area contributed by atoms with E-state index < -0.39 is 6.09 Å². The number of fused-ring (bicyclic) bond motifs is 1. The molecule has 0 saturated carbocycles. The van der Waals surface area contributed by atoms with Crippen LogP contribution < -0.4 is 5.56 Å². The zero-order valence-corrected chi connectivity index (χ0v) is 17.3. The molecule has 0 N–H and O–H groups in total. The fourth-order valence-electron chi connectivity index (χ4n) is 3.32. The molecular weight excluding hydrogens is 434 g/mol. The molecule has 7 heteroatoms. The number of halogens is 1. The lowest BCUT2D eigenvalue weighted by Gasteiger charge is -2.27. The third kappa shape index (κ3) is 4.56. The Morgan fingerprint density at radius 1 is 1.07 bits per heavy atom. The lowest BCUT2D eigenvalue weighted by molar-refractivity contribution is 0.0913. The lowest BCUT2D eigenvalue weighted by atomic mass is 10.1. The van der Waals surface area contributed by atoms with E-state index in [2.05, 4.69) is 20.9 Å². The van der Waals surface area contributed by atoms with Crippen LogP contribution in [-0.2, 0) is 30.9 Å². The highest BCUT2D eigenvalue weighted by Gasteiger charge is 2.25. The number of carbonyl (C=O) groups excluding carboxylic acids is 1. The van der Waals surface area contributed by atoms with Gasteiger partial charge in [-0.3, -0.25) is 9.36 Å². The Labute approximate surface area is 176 Å². The van der Waals surface area contributed by atoms with Crippen LogP contribution in [0.5, 0.6) is 0 Å². The number of carbonyl (C=O) groups is 1. The number of nitrogens with zero attached hydrogens (tertiary/aromatic N) is 3. The highest BCUT2D eigenvalue weighted by molar-refractivity contribution is 9.10. The molecule has 0 atom stereocenters. The molecule has 0 unspecified atom stereocenters. The maximum Gasteiger partial charge on any atom is 0.410 e. The maximum absolute atomic E-state index is 12.9. The van der Waals surface area contributed by atoms with Gasteiger partial charge in [0.05, 0.1) is 30.7 Å². The van der Waals surface area contributed by atoms with Gasteiger partial charge in [0.1, 0.15) is 6.61 Å². The summed E-state index contributed by atoms with van der Waals surface area (Å²) in [6.45, 7) is 1.35. The number of ether oxygens (including phenoxy) is 1. The van der Waals surface area contributed by atoms with Crippen LogP contribution in [0.2, 0.25) is 0 Å². The molecule has 2 heterocycles. The second-order valence-corrected chi connectivity index (χ2v) is 7.86. The topological polar surface area (TPSA) is 64.4 Å². The van der Waals surface area contributed by atoms with Crippen LogP contribution in [0, 0.1) is 0 Å². The number of hydrogen-bond donors (Lipinski definition) is 0. The number of aromatic nitrogens is 2. The minimum absolute atomic E-state index is 0.107. The van der Waals surface area contributed by atoms with E-state index in [1.807, 2.05) is 54.6 Å². The van der Waals surface area contributed by atoms with Gasteiger partial charge in [-0.2, -0.15) is 0 Å². The summed E-state index contributed by atoms with van der Waals surface area (Å²) in [5.74, 6) is 0. The predicted octanol–water partition coefficient (Wildman–Crippen LogP) is 3.75. The summed E-state index contributed by atoms with van der Waals surface area (Å²) >= 11 is 3.38. The van der Waals surface area contributed by atoms with Crippen LogP contribution in [0.15, 0.2) is 70.2 Å². The molecule has 0 radical (unpaired) electrons. The summed E-state index contributed by atoms with van der Waals surface area (Å²) in [6, 6.07) is 17.4. The van der Waals surface area contributed by atoms with Crippen molar-refractivity contribution in [1.82, 2.24) is 14.5 Å². The van der Waals surface area contributed by atoms with E-state index in [4.69, 9.17) is 4.74 Å². The quantitative estimate of drug-likeness (QED) is 0.603. The highest BCUT2D eigenvalue weighted by atomic mass is 79.9. The van der Waals surface area contributed by atoms with E-state index >= 15 is 0 Å². The summed E-state index contributed by atoms with van der Waals surface area (Å²) in [5.41, 5.74) is 3.15. The van der Waals surface area contributed by atoms with E-state index in [1.54, 1.807) is 15.8 Å². The monoisotopic (exact) mass is 453 g/mol. The van der Waals surface area contributed by atoms with Crippen LogP contribution in [0.25, 0.3) is 0 Å². The molecule has 29 heavy (non-hydrogen) atoms. The molecule has 148 valence electrons. The van der Waals surface area contributed by atoms with Crippen LogP contribution in [0.4, 0.5) is 4.79 Å². The molecule has 3 aromatic rings. The Morgan fingerprint density at radius 2 is 1.83 bits per heavy atom. The van der Waals surface area contributed by atoms with Crippen LogP contribution in [0.3, 0.4) is 0 Å². The van der Waals surface area contributed by atoms with Gasteiger partial charge in [0.15, 0.2) is 0 Å². The Bertz CT molecular complexity index is 1060. The molecule has 0 fully saturated rings. The van der Waals surface area contributed by atoms with Crippen molar-refractivity contribution in [2.75, 3.05) is 6.54 Å². The average molecular weight is 454 g/mol. The molecular formula is C22H20BrN3O3. The van der Waals surface area contributed by atoms with Gasteiger partial charge in [0.25, 0.3) is 5.56 Å². The average Bonchev–Trinajstić information content (AvgIpc) is 2.76. The first-order valence-electron chi connectivity index (χ1n) is 9.37. The lowest BCUT2D eigenvalue weighted by Crippen LogP contribution is -2.41. The highest BCUT2D eigenvalue weighted by Crippen LogP contribution is 2.16. The van der Waals surface area contributed by atoms with Crippen molar-refractivity contribution >= 4 is 22.0 Å². The van der Waals surface area contributed by atoms with E-state index in [0.29, 0.717) is 25.1 Å². The summed E-state index contributed by atoms with van der Waals surface area (Å²) in [7, 11) is 0. The first-order chi connectivity index (χ1) is 14.1. The normalized spacial score (nSPS) is 13.1. The van der Waals surface area contributed by atoms with E-state index in [9.17, 15) is 9.59 Å². The molecule has 1 aliphatic heterocycles. The van der Waals surface area contributed by atoms with Crippen molar-refractivity contribution in [3.8, 4) is 0 Å². The third-order valence-electron chi connectivity index (χ3n) is 4.92. The van der Waals surface area contributed by atoms with Crippen molar-refractivity contribution in [2.24, 2.45) is 0 Å². The van der Waals surface area contributed by atoms with E-state index in [-0.39, 0.29) is 18.7 Å². The van der Waals surface area contributed by atoms with Gasteiger partial charge in [0.2, 0.25) is 0 Å². The molecule has 1 aromatic heterocycles. The fourth-order valence-corrected chi connectivity index (χ4v) is 3.58. The number of benzene rings is 2. The number of hydrogen-bond acceptors (Lipinski definition) is 4. The summed E-state index contributed by atoms with van der Waals surface area (Å²) in [6.07, 6.45) is 1.72. The van der Waals surface area contributed by atoms with Gasteiger partial charge in [-0.25, -0.2) is 9.78 Å². The van der Waals surface area contributed by atoms with Crippen LogP contribution in [-0.4, -0.2) is 27.1 Å². The van der Waals surface area contributed by atoms with E-state index in [0.717, 1.165) is 21.3 Å². The minimum Gasteiger partial charge on any atom is -0.445 e. The van der Waals surface area contributed by atoms with Gasteiger partial charge in [-0.05, 0) is 23.3 Å². The second kappa shape index (κ2) is 8.61. The molecule has 0 aliphatic carbocycles. The van der Waals surface area contributed by atoms with Crippen molar-refractivity contribution in [3.05, 3.63) is 98.1 Å². The van der Waals surface area contributed by atoms with Gasteiger partial charge < -0.3 is 9.64 Å². The first kappa shape index (κ1) is 19.4. The zero-order valence-electron chi connectivity index (χ0n) is 15.8. The first-order valence-corrected chi connectivity index (χ1v) is 10.2. The van der Waals surface area contributed by atoms with Crippen LogP contribution >= 0.6 is 15.9 Å². The summed E-state index contributed by atoms with van der Waals surface area (Å²) < 4.78 is 7.99. The molecule has 1 aliphatic rings. The van der Waals surface area contributed by atoms with Crippen molar-refractivity contribution in [1.29, 1.82) is 0 Å². The van der Waals surface area contributed by atoms with Crippen LogP contribution in [0.1, 0.15) is 22.4 Å². The van der Waals surface area contributed by atoms with Gasteiger partial charge in [0, 0.05) is 17.4 Å². The van der Waals surface area contributed by atoms with Crippen molar-refractivity contribution in [2.45, 2.75) is 26.1 Å². The summed E-state index contributed by atoms with van der Waals surface area (Å²) in [4.78, 5) is 31.5. The standard InChI is InChI=1S/C22H20BrN3O3/c23-18-8-6-17(7-9-18)14-29-22(28)25-11-10-20-19(13-25)21(27)26(15-24-20)12-16-4-2-1-3-5-16/h1-9,15H,10-14H2. The van der Waals surface area contributed by atoms with Crippen molar-refractivity contribution < 1.29 is 9.53 Å². The Morgan fingerprint density at radius 3 is 2.59 bits per heavy atom. The Hall–Kier alpha value is -2.93. The molecule has 1 amide bonds. The third-order valence-corrected chi connectivity index (χ3v) is 5.45. The van der Waals surface area contributed by atoms with Crippen molar-refractivity contribution in [3.63, 3.8) is 0 Å². The molecule has 0 spiro atoms. The Balaban J connectivity index is 1.45. The SMILES string of the molecule is O=C(OCc1ccc(Br)cc1)N1CCc2ncn(Cc3ccccc3)c(=O)c2C1. The zero-order chi connectivity index (χ0) is 20.2. The smallest absolute Gasteiger partial charge is 0.410 e. The van der Waals surface area contributed by atoms with Gasteiger partial charge in [-0.15, -0.1) is 0 Å². The molecule has 6 nitrogen and oxygen atoms in total. The predicted molar refractivity (Wildman–Crippen MR) is 112 cm³/mol. The fraction of sp³-hybridized carbons (Fsp3) is 0.227. The molecule has 4 rings (SSSR count). The summed E-state index contributed by atoms with van der Waals surface area (Å²) in [5, 5.41) is 0.